The van der Waals surface area contributed by atoms with Gasteiger partial charge in [0.15, 0.2) is 0 Å². The third-order valence-corrected chi connectivity index (χ3v) is 5.87. The maximum Gasteiger partial charge on any atom is 0.326 e. The van der Waals surface area contributed by atoms with Gasteiger partial charge in [-0.1, -0.05) is 30.3 Å². The Labute approximate surface area is 202 Å². The van der Waals surface area contributed by atoms with E-state index < -0.39 is 47.9 Å². The molecule has 0 aliphatic rings. The minimum absolute atomic E-state index is 0.0258. The second-order valence-corrected chi connectivity index (χ2v) is 8.68. The van der Waals surface area contributed by atoms with Crippen LogP contribution in [0, 0.1) is 0 Å². The van der Waals surface area contributed by atoms with Crippen molar-refractivity contribution < 1.29 is 24.3 Å². The molecule has 1 aromatic carbocycles. The summed E-state index contributed by atoms with van der Waals surface area (Å²) in [5.41, 5.74) is 6.83. The highest BCUT2D eigenvalue weighted by Gasteiger charge is 2.29. The van der Waals surface area contributed by atoms with Crippen LogP contribution >= 0.6 is 37.0 Å². The number of amides is 3. The lowest BCUT2D eigenvalue weighted by molar-refractivity contribution is -0.142. The average Bonchev–Trinajstić information content (AvgIpc) is 2.78. The van der Waals surface area contributed by atoms with E-state index in [1.54, 1.807) is 0 Å². The van der Waals surface area contributed by atoms with Crippen LogP contribution in [-0.2, 0) is 25.6 Å². The molecule has 0 saturated heterocycles. The van der Waals surface area contributed by atoms with Gasteiger partial charge in [-0.05, 0) is 30.4 Å². The molecule has 4 atom stereocenters. The second kappa shape index (κ2) is 15.0. The van der Waals surface area contributed by atoms with Crippen LogP contribution in [-0.4, -0.2) is 76.5 Å². The predicted octanol–water partition coefficient (Wildman–Crippen LogP) is -0.292. The number of benzene rings is 1. The summed E-state index contributed by atoms with van der Waals surface area (Å²) >= 11 is 9.64. The molecule has 32 heavy (non-hydrogen) atoms. The SMILES string of the molecule is CSCCC(NC(=O)C(CS)NC(=O)C(CS)NC(=O)C(N)Cc1ccccc1)C(=O)O. The van der Waals surface area contributed by atoms with E-state index in [0.717, 1.165) is 5.56 Å². The fourth-order valence-corrected chi connectivity index (χ4v) is 3.65. The van der Waals surface area contributed by atoms with Gasteiger partial charge in [-0.15, -0.1) is 0 Å². The number of aliphatic carboxylic acids is 1. The number of carbonyl (C=O) groups excluding carboxylic acids is 3. The molecular weight excluding hydrogens is 472 g/mol. The van der Waals surface area contributed by atoms with Crippen molar-refractivity contribution >= 4 is 60.7 Å². The van der Waals surface area contributed by atoms with Gasteiger partial charge in [-0.25, -0.2) is 4.79 Å². The zero-order valence-corrected chi connectivity index (χ0v) is 20.3. The van der Waals surface area contributed by atoms with Crippen LogP contribution < -0.4 is 21.7 Å². The number of carbonyl (C=O) groups is 4. The number of carboxylic acids is 1. The van der Waals surface area contributed by atoms with Crippen molar-refractivity contribution in [2.45, 2.75) is 37.0 Å². The van der Waals surface area contributed by atoms with Crippen molar-refractivity contribution in [2.75, 3.05) is 23.5 Å². The number of nitrogens with two attached hydrogens (primary N) is 1. The van der Waals surface area contributed by atoms with E-state index in [-0.39, 0.29) is 17.9 Å². The highest BCUT2D eigenvalue weighted by Crippen LogP contribution is 2.04. The first-order valence-electron chi connectivity index (χ1n) is 9.87. The molecule has 9 nitrogen and oxygen atoms in total. The molecule has 0 heterocycles. The molecule has 6 N–H and O–H groups in total. The second-order valence-electron chi connectivity index (χ2n) is 6.96. The lowest BCUT2D eigenvalue weighted by Crippen LogP contribution is -2.58. The predicted molar refractivity (Wildman–Crippen MR) is 132 cm³/mol. The molecule has 0 aromatic heterocycles. The van der Waals surface area contributed by atoms with Gasteiger partial charge in [0.1, 0.15) is 18.1 Å². The lowest BCUT2D eigenvalue weighted by Gasteiger charge is -2.23. The van der Waals surface area contributed by atoms with Crippen LogP contribution in [0.2, 0.25) is 0 Å². The van der Waals surface area contributed by atoms with E-state index in [2.05, 4.69) is 41.2 Å². The average molecular weight is 503 g/mol. The maximum absolute atomic E-state index is 12.6. The highest BCUT2D eigenvalue weighted by molar-refractivity contribution is 7.98. The van der Waals surface area contributed by atoms with E-state index in [0.29, 0.717) is 12.2 Å². The van der Waals surface area contributed by atoms with Gasteiger partial charge in [0.2, 0.25) is 17.7 Å². The molecule has 12 heteroatoms. The monoisotopic (exact) mass is 502 g/mol. The normalized spacial score (nSPS) is 14.5. The van der Waals surface area contributed by atoms with E-state index in [1.165, 1.54) is 11.8 Å². The minimum Gasteiger partial charge on any atom is -0.480 e. The Morgan fingerprint density at radius 1 is 0.938 bits per heavy atom. The molecule has 4 unspecified atom stereocenters. The third-order valence-electron chi connectivity index (χ3n) is 4.49. The fourth-order valence-electron chi connectivity index (χ4n) is 2.67. The summed E-state index contributed by atoms with van der Waals surface area (Å²) in [4.78, 5) is 48.8. The first-order chi connectivity index (χ1) is 15.2. The Balaban J connectivity index is 2.68. The summed E-state index contributed by atoms with van der Waals surface area (Å²) in [5, 5.41) is 16.7. The Hall–Kier alpha value is -1.89. The van der Waals surface area contributed by atoms with Crippen molar-refractivity contribution in [1.29, 1.82) is 0 Å². The van der Waals surface area contributed by atoms with Crippen LogP contribution in [0.4, 0.5) is 0 Å². The van der Waals surface area contributed by atoms with Crippen LogP contribution in [0.5, 0.6) is 0 Å². The fraction of sp³-hybridized carbons (Fsp3) is 0.500. The number of hydrogen-bond acceptors (Lipinski definition) is 8. The maximum atomic E-state index is 12.6. The van der Waals surface area contributed by atoms with Crippen LogP contribution in [0.25, 0.3) is 0 Å². The van der Waals surface area contributed by atoms with E-state index in [4.69, 9.17) is 5.73 Å². The van der Waals surface area contributed by atoms with Crippen LogP contribution in [0.1, 0.15) is 12.0 Å². The van der Waals surface area contributed by atoms with Gasteiger partial charge >= 0.3 is 5.97 Å². The number of carboxylic acid groups (broad SMARTS) is 1. The lowest BCUT2D eigenvalue weighted by atomic mass is 10.1. The molecule has 0 saturated carbocycles. The van der Waals surface area contributed by atoms with Crippen molar-refractivity contribution in [3.63, 3.8) is 0 Å². The van der Waals surface area contributed by atoms with Crippen LogP contribution in [0.15, 0.2) is 30.3 Å². The van der Waals surface area contributed by atoms with E-state index in [1.807, 2.05) is 36.6 Å². The molecule has 0 aliphatic carbocycles. The molecule has 0 radical (unpaired) electrons. The smallest absolute Gasteiger partial charge is 0.326 e. The Morgan fingerprint density at radius 2 is 1.44 bits per heavy atom. The molecule has 0 spiro atoms. The summed E-state index contributed by atoms with van der Waals surface area (Å²) in [7, 11) is 0. The zero-order valence-electron chi connectivity index (χ0n) is 17.7. The number of hydrogen-bond donors (Lipinski definition) is 7. The number of rotatable bonds is 14. The zero-order chi connectivity index (χ0) is 24.1. The van der Waals surface area contributed by atoms with E-state index in [9.17, 15) is 24.3 Å². The minimum atomic E-state index is -1.16. The first kappa shape index (κ1) is 28.1. The quantitative estimate of drug-likeness (QED) is 0.173. The number of nitrogens with one attached hydrogen (secondary N) is 3. The molecule has 3 amide bonds. The summed E-state index contributed by atoms with van der Waals surface area (Å²) in [6.07, 6.45) is 2.36. The number of thioether (sulfide) groups is 1. The summed E-state index contributed by atoms with van der Waals surface area (Å²) < 4.78 is 0. The Morgan fingerprint density at radius 3 is 1.91 bits per heavy atom. The largest absolute Gasteiger partial charge is 0.480 e. The summed E-state index contributed by atoms with van der Waals surface area (Å²) in [6.45, 7) is 0. The van der Waals surface area contributed by atoms with Gasteiger partial charge < -0.3 is 26.8 Å². The molecule has 0 fully saturated rings. The van der Waals surface area contributed by atoms with Gasteiger partial charge in [0.25, 0.3) is 0 Å². The Kier molecular flexibility index (Phi) is 13.2. The van der Waals surface area contributed by atoms with Crippen LogP contribution in [0.3, 0.4) is 0 Å². The molecule has 1 aromatic rings. The van der Waals surface area contributed by atoms with E-state index >= 15 is 0 Å². The van der Waals surface area contributed by atoms with Gasteiger partial charge in [-0.3, -0.25) is 14.4 Å². The van der Waals surface area contributed by atoms with Crippen molar-refractivity contribution in [1.82, 2.24) is 16.0 Å². The van der Waals surface area contributed by atoms with Crippen molar-refractivity contribution in [3.05, 3.63) is 35.9 Å². The van der Waals surface area contributed by atoms with Gasteiger partial charge in [0.05, 0.1) is 6.04 Å². The standard InChI is InChI=1S/C20H30N4O5S3/c1-32-8-7-14(20(28)29)22-18(26)16(11-31)24-19(27)15(10-30)23-17(25)13(21)9-12-5-3-2-4-6-12/h2-6,13-16,30-31H,7-11,21H2,1H3,(H,22,26)(H,23,25)(H,24,27)(H,28,29). The van der Waals surface area contributed by atoms with Gasteiger partial charge in [0, 0.05) is 11.5 Å². The Bertz CT molecular complexity index is 769. The number of thiol groups is 2. The van der Waals surface area contributed by atoms with Crippen molar-refractivity contribution in [2.24, 2.45) is 5.73 Å². The molecule has 1 rings (SSSR count). The summed E-state index contributed by atoms with van der Waals surface area (Å²) in [5.74, 6) is -2.55. The molecule has 178 valence electrons. The summed E-state index contributed by atoms with van der Waals surface area (Å²) in [6, 6.07) is 5.14. The topological polar surface area (TPSA) is 151 Å². The first-order valence-corrected chi connectivity index (χ1v) is 12.5. The third kappa shape index (κ3) is 9.72. The van der Waals surface area contributed by atoms with Crippen molar-refractivity contribution in [3.8, 4) is 0 Å². The molecule has 0 bridgehead atoms. The molecule has 0 aliphatic heterocycles. The molecular formula is C20H30N4O5S3. The highest BCUT2D eigenvalue weighted by atomic mass is 32.2. The van der Waals surface area contributed by atoms with Gasteiger partial charge in [-0.2, -0.15) is 37.0 Å².